The molecule has 0 aliphatic heterocycles. The van der Waals surface area contributed by atoms with Crippen LogP contribution in [0.4, 0.5) is 19.1 Å². The zero-order valence-electron chi connectivity index (χ0n) is 10.9. The summed E-state index contributed by atoms with van der Waals surface area (Å²) in [6.45, 7) is 0. The molecule has 0 aliphatic carbocycles. The van der Waals surface area contributed by atoms with Gasteiger partial charge in [0.15, 0.2) is 0 Å². The van der Waals surface area contributed by atoms with E-state index in [2.05, 4.69) is 15.3 Å². The van der Waals surface area contributed by atoms with Gasteiger partial charge in [-0.1, -0.05) is 12.1 Å². The van der Waals surface area contributed by atoms with Crippen molar-refractivity contribution < 1.29 is 18.0 Å². The zero-order valence-corrected chi connectivity index (χ0v) is 10.9. The molecule has 0 radical (unpaired) electrons. The maximum atomic E-state index is 12.5. The number of carbonyl (C=O) groups is 1. The summed E-state index contributed by atoms with van der Waals surface area (Å²) in [4.78, 5) is 19.1. The van der Waals surface area contributed by atoms with Crippen molar-refractivity contribution in [1.29, 1.82) is 0 Å². The number of alkyl halides is 3. The highest BCUT2D eigenvalue weighted by molar-refractivity contribution is 5.92. The van der Waals surface area contributed by atoms with E-state index >= 15 is 0 Å². The normalized spacial score (nSPS) is 11.2. The predicted molar refractivity (Wildman–Crippen MR) is 70.5 cm³/mol. The van der Waals surface area contributed by atoms with Crippen LogP contribution in [0.25, 0.3) is 11.3 Å². The fourth-order valence-electron chi connectivity index (χ4n) is 1.66. The molecule has 2 aromatic rings. The molecule has 21 heavy (non-hydrogen) atoms. The van der Waals surface area contributed by atoms with Gasteiger partial charge in [0.25, 0.3) is 5.91 Å². The molecule has 0 bridgehead atoms. The van der Waals surface area contributed by atoms with E-state index in [-0.39, 0.29) is 11.6 Å². The number of primary amides is 1. The van der Waals surface area contributed by atoms with Gasteiger partial charge in [-0.25, -0.2) is 9.97 Å². The lowest BCUT2D eigenvalue weighted by molar-refractivity contribution is -0.137. The molecule has 8 heteroatoms. The van der Waals surface area contributed by atoms with Gasteiger partial charge in [0, 0.05) is 12.6 Å². The molecule has 2 rings (SSSR count). The molecule has 5 nitrogen and oxygen atoms in total. The van der Waals surface area contributed by atoms with Crippen molar-refractivity contribution in [2.75, 3.05) is 12.4 Å². The number of rotatable bonds is 3. The third kappa shape index (κ3) is 3.28. The van der Waals surface area contributed by atoms with Crippen LogP contribution >= 0.6 is 0 Å². The Bertz CT molecular complexity index is 668. The predicted octanol–water partition coefficient (Wildman–Crippen LogP) is 2.30. The molecule has 1 amide bonds. The number of amides is 1. The van der Waals surface area contributed by atoms with Crippen LogP contribution in [-0.2, 0) is 6.18 Å². The topological polar surface area (TPSA) is 80.9 Å². The quantitative estimate of drug-likeness (QED) is 0.910. The maximum absolute atomic E-state index is 12.5. The molecule has 0 atom stereocenters. The maximum Gasteiger partial charge on any atom is 0.416 e. The van der Waals surface area contributed by atoms with E-state index in [1.807, 2.05) is 0 Å². The fourth-order valence-corrected chi connectivity index (χ4v) is 1.66. The third-order valence-corrected chi connectivity index (χ3v) is 2.71. The van der Waals surface area contributed by atoms with Gasteiger partial charge in [0.05, 0.1) is 11.3 Å². The number of anilines is 1. The van der Waals surface area contributed by atoms with E-state index in [4.69, 9.17) is 5.73 Å². The van der Waals surface area contributed by atoms with Gasteiger partial charge in [-0.15, -0.1) is 0 Å². The van der Waals surface area contributed by atoms with E-state index in [0.29, 0.717) is 11.3 Å². The van der Waals surface area contributed by atoms with Crippen LogP contribution < -0.4 is 11.1 Å². The Morgan fingerprint density at radius 3 is 2.29 bits per heavy atom. The Balaban J connectivity index is 2.46. The summed E-state index contributed by atoms with van der Waals surface area (Å²) < 4.78 is 37.5. The van der Waals surface area contributed by atoms with Crippen molar-refractivity contribution in [2.45, 2.75) is 6.18 Å². The number of hydrogen-bond donors (Lipinski definition) is 2. The lowest BCUT2D eigenvalue weighted by Crippen LogP contribution is -2.15. The highest BCUT2D eigenvalue weighted by Gasteiger charge is 2.30. The van der Waals surface area contributed by atoms with Crippen molar-refractivity contribution in [3.63, 3.8) is 0 Å². The molecule has 1 aromatic carbocycles. The van der Waals surface area contributed by atoms with Crippen LogP contribution in [0.2, 0.25) is 0 Å². The van der Waals surface area contributed by atoms with Crippen molar-refractivity contribution in [3.8, 4) is 11.3 Å². The molecule has 0 spiro atoms. The van der Waals surface area contributed by atoms with Crippen LogP contribution in [-0.4, -0.2) is 22.9 Å². The van der Waals surface area contributed by atoms with Gasteiger partial charge in [0.2, 0.25) is 5.95 Å². The third-order valence-electron chi connectivity index (χ3n) is 2.71. The highest BCUT2D eigenvalue weighted by atomic mass is 19.4. The Labute approximate surface area is 118 Å². The van der Waals surface area contributed by atoms with Gasteiger partial charge in [-0.3, -0.25) is 4.79 Å². The van der Waals surface area contributed by atoms with E-state index in [1.54, 1.807) is 7.05 Å². The number of benzene rings is 1. The molecule has 1 heterocycles. The average molecular weight is 296 g/mol. The fraction of sp³-hybridized carbons (Fsp3) is 0.154. The zero-order chi connectivity index (χ0) is 15.6. The van der Waals surface area contributed by atoms with Crippen molar-refractivity contribution in [2.24, 2.45) is 5.73 Å². The second-order valence-electron chi connectivity index (χ2n) is 4.15. The summed E-state index contributed by atoms with van der Waals surface area (Å²) in [5.74, 6) is -0.594. The number of nitrogens with one attached hydrogen (secondary N) is 1. The number of aromatic nitrogens is 2. The first-order chi connectivity index (χ1) is 9.81. The first-order valence-corrected chi connectivity index (χ1v) is 5.85. The Morgan fingerprint density at radius 1 is 1.19 bits per heavy atom. The molecular formula is C13H11F3N4O. The molecule has 110 valence electrons. The first-order valence-electron chi connectivity index (χ1n) is 5.85. The Hall–Kier alpha value is -2.64. The number of hydrogen-bond acceptors (Lipinski definition) is 4. The Kier molecular flexibility index (Phi) is 3.79. The van der Waals surface area contributed by atoms with Crippen LogP contribution in [0.1, 0.15) is 16.1 Å². The first kappa shape index (κ1) is 14.8. The second-order valence-corrected chi connectivity index (χ2v) is 4.15. The molecule has 0 unspecified atom stereocenters. The van der Waals surface area contributed by atoms with Crippen LogP contribution in [0.5, 0.6) is 0 Å². The summed E-state index contributed by atoms with van der Waals surface area (Å²) in [6.07, 6.45) is -4.40. The molecule has 0 aliphatic rings. The van der Waals surface area contributed by atoms with E-state index in [1.165, 1.54) is 18.2 Å². The Morgan fingerprint density at radius 2 is 1.81 bits per heavy atom. The summed E-state index contributed by atoms with van der Waals surface area (Å²) in [6, 6.07) is 5.76. The van der Waals surface area contributed by atoms with E-state index in [9.17, 15) is 18.0 Å². The molecule has 1 aromatic heterocycles. The summed E-state index contributed by atoms with van der Waals surface area (Å²) in [5.41, 5.74) is 5.10. The largest absolute Gasteiger partial charge is 0.416 e. The highest BCUT2D eigenvalue weighted by Crippen LogP contribution is 2.30. The minimum Gasteiger partial charge on any atom is -0.364 e. The monoisotopic (exact) mass is 296 g/mol. The van der Waals surface area contributed by atoms with Crippen LogP contribution in [0, 0.1) is 0 Å². The molecule has 3 N–H and O–H groups in total. The number of nitrogens with two attached hydrogens (primary N) is 1. The van der Waals surface area contributed by atoms with Crippen molar-refractivity contribution >= 4 is 11.9 Å². The van der Waals surface area contributed by atoms with Gasteiger partial charge in [-0.05, 0) is 18.2 Å². The lowest BCUT2D eigenvalue weighted by atomic mass is 10.1. The van der Waals surface area contributed by atoms with Gasteiger partial charge >= 0.3 is 6.18 Å². The summed E-state index contributed by atoms with van der Waals surface area (Å²) in [5, 5.41) is 2.66. The number of halogens is 3. The summed E-state index contributed by atoms with van der Waals surface area (Å²) >= 11 is 0. The number of carbonyl (C=O) groups excluding carboxylic acids is 1. The molecule has 0 fully saturated rings. The van der Waals surface area contributed by atoms with Crippen molar-refractivity contribution in [1.82, 2.24) is 9.97 Å². The average Bonchev–Trinajstić information content (AvgIpc) is 2.46. The van der Waals surface area contributed by atoms with E-state index < -0.39 is 17.6 Å². The standard InChI is InChI=1S/C13H11F3N4O/c1-18-12-19-9(6-10(20-12)11(17)21)7-2-4-8(5-3-7)13(14,15)16/h2-6H,1H3,(H2,17,21)(H,18,19,20). The molecular weight excluding hydrogens is 285 g/mol. The SMILES string of the molecule is CNc1nc(C(N)=O)cc(-c2ccc(C(F)(F)F)cc2)n1. The molecule has 0 saturated heterocycles. The summed E-state index contributed by atoms with van der Waals surface area (Å²) in [7, 11) is 1.55. The number of nitrogens with zero attached hydrogens (tertiary/aromatic N) is 2. The van der Waals surface area contributed by atoms with Crippen LogP contribution in [0.3, 0.4) is 0 Å². The second kappa shape index (κ2) is 5.39. The molecule has 0 saturated carbocycles. The van der Waals surface area contributed by atoms with Gasteiger partial charge < -0.3 is 11.1 Å². The van der Waals surface area contributed by atoms with Gasteiger partial charge in [-0.2, -0.15) is 13.2 Å². The smallest absolute Gasteiger partial charge is 0.364 e. The minimum absolute atomic E-state index is 0.0238. The minimum atomic E-state index is -4.40. The van der Waals surface area contributed by atoms with Crippen molar-refractivity contribution in [3.05, 3.63) is 41.6 Å². The van der Waals surface area contributed by atoms with E-state index in [0.717, 1.165) is 12.1 Å². The lowest BCUT2D eigenvalue weighted by Gasteiger charge is -2.09. The van der Waals surface area contributed by atoms with Gasteiger partial charge in [0.1, 0.15) is 5.69 Å². The van der Waals surface area contributed by atoms with Crippen LogP contribution in [0.15, 0.2) is 30.3 Å².